The molecule has 1 fully saturated rings. The van der Waals surface area contributed by atoms with Gasteiger partial charge in [0.1, 0.15) is 0 Å². The van der Waals surface area contributed by atoms with E-state index in [0.717, 1.165) is 31.7 Å². The number of benzene rings is 1. The highest BCUT2D eigenvalue weighted by atomic mass is 35.5. The van der Waals surface area contributed by atoms with Gasteiger partial charge >= 0.3 is 12.2 Å². The molecule has 0 atom stereocenters. The zero-order chi connectivity index (χ0) is 15.5. The van der Waals surface area contributed by atoms with Gasteiger partial charge in [0.2, 0.25) is 0 Å². The highest BCUT2D eigenvalue weighted by molar-refractivity contribution is 6.30. The van der Waals surface area contributed by atoms with E-state index < -0.39 is 17.8 Å². The van der Waals surface area contributed by atoms with Crippen LogP contribution in [0, 0.1) is 0 Å². The van der Waals surface area contributed by atoms with Crippen molar-refractivity contribution in [3.63, 3.8) is 0 Å². The molecule has 0 bridgehead atoms. The van der Waals surface area contributed by atoms with Gasteiger partial charge in [-0.2, -0.15) is 13.2 Å². The first-order valence-electron chi connectivity index (χ1n) is 6.80. The Hall–Kier alpha value is -1.43. The molecule has 0 spiro atoms. The smallest absolute Gasteiger partial charge is 0.325 e. The van der Waals surface area contributed by atoms with Crippen molar-refractivity contribution in [1.29, 1.82) is 0 Å². The molecule has 3 nitrogen and oxygen atoms in total. The predicted molar refractivity (Wildman–Crippen MR) is 75.5 cm³/mol. The van der Waals surface area contributed by atoms with Crippen LogP contribution < -0.4 is 5.32 Å². The topological polar surface area (TPSA) is 32.3 Å². The minimum absolute atomic E-state index is 0.0184. The molecule has 1 heterocycles. The molecule has 0 aliphatic carbocycles. The van der Waals surface area contributed by atoms with Crippen LogP contribution in [0.1, 0.15) is 31.2 Å². The zero-order valence-corrected chi connectivity index (χ0v) is 12.1. The Bertz CT molecular complexity index is 511. The van der Waals surface area contributed by atoms with Crippen LogP contribution in [-0.2, 0) is 6.18 Å². The standard InChI is InChI=1S/C14H16ClF3N2O/c15-10-5-6-12(11(9-10)14(16,17)18)19-13(21)20-7-3-1-2-4-8-20/h5-6,9H,1-4,7-8H2,(H,19,21). The van der Waals surface area contributed by atoms with E-state index in [1.165, 1.54) is 12.1 Å². The maximum atomic E-state index is 13.0. The van der Waals surface area contributed by atoms with Gasteiger partial charge in [-0.1, -0.05) is 24.4 Å². The highest BCUT2D eigenvalue weighted by Gasteiger charge is 2.34. The van der Waals surface area contributed by atoms with E-state index in [1.807, 2.05) is 0 Å². The lowest BCUT2D eigenvalue weighted by Crippen LogP contribution is -2.36. The van der Waals surface area contributed by atoms with E-state index in [1.54, 1.807) is 4.90 Å². The lowest BCUT2D eigenvalue weighted by Gasteiger charge is -2.22. The summed E-state index contributed by atoms with van der Waals surface area (Å²) in [5, 5.41) is 2.33. The number of hydrogen-bond donors (Lipinski definition) is 1. The SMILES string of the molecule is O=C(Nc1ccc(Cl)cc1C(F)(F)F)N1CCCCCC1. The van der Waals surface area contributed by atoms with Gasteiger partial charge in [0, 0.05) is 18.1 Å². The van der Waals surface area contributed by atoms with Crippen LogP contribution in [0.15, 0.2) is 18.2 Å². The largest absolute Gasteiger partial charge is 0.418 e. The third kappa shape index (κ3) is 4.27. The number of nitrogens with zero attached hydrogens (tertiary/aromatic N) is 1. The second-order valence-corrected chi connectivity index (χ2v) is 5.46. The van der Waals surface area contributed by atoms with Gasteiger partial charge in [0.25, 0.3) is 0 Å². The summed E-state index contributed by atoms with van der Waals surface area (Å²) < 4.78 is 38.9. The summed E-state index contributed by atoms with van der Waals surface area (Å²) in [6.45, 7) is 1.14. The fourth-order valence-electron chi connectivity index (χ4n) is 2.33. The van der Waals surface area contributed by atoms with E-state index in [2.05, 4.69) is 5.32 Å². The molecule has 1 N–H and O–H groups in total. The first-order valence-corrected chi connectivity index (χ1v) is 7.18. The Balaban J connectivity index is 2.17. The van der Waals surface area contributed by atoms with Crippen molar-refractivity contribution in [3.05, 3.63) is 28.8 Å². The molecule has 7 heteroatoms. The number of rotatable bonds is 1. The van der Waals surface area contributed by atoms with Gasteiger partial charge in [-0.05, 0) is 31.0 Å². The molecule has 116 valence electrons. The summed E-state index contributed by atoms with van der Waals surface area (Å²) in [6, 6.07) is 2.83. The van der Waals surface area contributed by atoms with E-state index in [4.69, 9.17) is 11.6 Å². The lowest BCUT2D eigenvalue weighted by molar-refractivity contribution is -0.136. The van der Waals surface area contributed by atoms with Crippen LogP contribution in [-0.4, -0.2) is 24.0 Å². The van der Waals surface area contributed by atoms with Crippen molar-refractivity contribution in [1.82, 2.24) is 4.90 Å². The van der Waals surface area contributed by atoms with E-state index in [-0.39, 0.29) is 10.7 Å². The third-order valence-electron chi connectivity index (χ3n) is 3.42. The summed E-state index contributed by atoms with van der Waals surface area (Å²) in [7, 11) is 0. The molecule has 1 saturated heterocycles. The second kappa shape index (κ2) is 6.56. The monoisotopic (exact) mass is 320 g/mol. The maximum absolute atomic E-state index is 13.0. The first-order chi connectivity index (χ1) is 9.88. The Morgan fingerprint density at radius 2 is 1.76 bits per heavy atom. The normalized spacial score (nSPS) is 16.5. The quantitative estimate of drug-likeness (QED) is 0.794. The Morgan fingerprint density at radius 1 is 1.14 bits per heavy atom. The number of hydrogen-bond acceptors (Lipinski definition) is 1. The zero-order valence-electron chi connectivity index (χ0n) is 11.3. The summed E-state index contributed by atoms with van der Waals surface area (Å²) in [4.78, 5) is 13.7. The third-order valence-corrected chi connectivity index (χ3v) is 3.66. The molecule has 1 aromatic rings. The number of carbonyl (C=O) groups is 1. The van der Waals surface area contributed by atoms with Crippen LogP contribution >= 0.6 is 11.6 Å². The Morgan fingerprint density at radius 3 is 2.33 bits per heavy atom. The van der Waals surface area contributed by atoms with Crippen molar-refractivity contribution in [2.45, 2.75) is 31.9 Å². The molecule has 0 radical (unpaired) electrons. The summed E-state index contributed by atoms with van der Waals surface area (Å²) in [6.07, 6.45) is -0.732. The number of halogens is 4. The van der Waals surface area contributed by atoms with Gasteiger partial charge in [0.15, 0.2) is 0 Å². The minimum atomic E-state index is -4.56. The van der Waals surface area contributed by atoms with Crippen LogP contribution in [0.2, 0.25) is 5.02 Å². The van der Waals surface area contributed by atoms with Gasteiger partial charge < -0.3 is 10.2 Å². The van der Waals surface area contributed by atoms with Crippen LogP contribution in [0.25, 0.3) is 0 Å². The number of carbonyl (C=O) groups excluding carboxylic acids is 1. The predicted octanol–water partition coefficient (Wildman–Crippen LogP) is 4.77. The molecule has 21 heavy (non-hydrogen) atoms. The number of nitrogens with one attached hydrogen (secondary N) is 1. The fraction of sp³-hybridized carbons (Fsp3) is 0.500. The number of urea groups is 1. The van der Waals surface area contributed by atoms with Crippen molar-refractivity contribution in [3.8, 4) is 0 Å². The van der Waals surface area contributed by atoms with Gasteiger partial charge in [-0.25, -0.2) is 4.79 Å². The summed E-state index contributed by atoms with van der Waals surface area (Å²) in [5.74, 6) is 0. The fourth-order valence-corrected chi connectivity index (χ4v) is 2.50. The molecule has 2 amide bonds. The van der Waals surface area contributed by atoms with E-state index in [0.29, 0.717) is 13.1 Å². The molecule has 1 aromatic carbocycles. The number of amides is 2. The molecular formula is C14H16ClF3N2O. The van der Waals surface area contributed by atoms with Crippen molar-refractivity contribution in [2.24, 2.45) is 0 Å². The molecule has 0 unspecified atom stereocenters. The molecule has 2 rings (SSSR count). The van der Waals surface area contributed by atoms with E-state index >= 15 is 0 Å². The summed E-state index contributed by atoms with van der Waals surface area (Å²) in [5.41, 5.74) is -1.20. The van der Waals surface area contributed by atoms with Crippen molar-refractivity contribution >= 4 is 23.3 Å². The number of anilines is 1. The van der Waals surface area contributed by atoms with Crippen molar-refractivity contribution in [2.75, 3.05) is 18.4 Å². The molecular weight excluding hydrogens is 305 g/mol. The maximum Gasteiger partial charge on any atom is 0.418 e. The average molecular weight is 321 g/mol. The first kappa shape index (κ1) is 15.9. The number of alkyl halides is 3. The van der Waals surface area contributed by atoms with Gasteiger partial charge in [0.05, 0.1) is 11.3 Å². The van der Waals surface area contributed by atoms with Crippen LogP contribution in [0.4, 0.5) is 23.7 Å². The minimum Gasteiger partial charge on any atom is -0.325 e. The second-order valence-electron chi connectivity index (χ2n) is 5.02. The van der Waals surface area contributed by atoms with Crippen molar-refractivity contribution < 1.29 is 18.0 Å². The molecule has 0 saturated carbocycles. The van der Waals surface area contributed by atoms with Gasteiger partial charge in [-0.3, -0.25) is 0 Å². The van der Waals surface area contributed by atoms with Gasteiger partial charge in [-0.15, -0.1) is 0 Å². The summed E-state index contributed by atoms with van der Waals surface area (Å²) >= 11 is 5.61. The molecule has 1 aliphatic rings. The molecule has 1 aliphatic heterocycles. The Labute approximate surface area is 126 Å². The Kier molecular flexibility index (Phi) is 4.98. The molecule has 0 aromatic heterocycles. The lowest BCUT2D eigenvalue weighted by atomic mass is 10.1. The van der Waals surface area contributed by atoms with Crippen LogP contribution in [0.5, 0.6) is 0 Å². The highest BCUT2D eigenvalue weighted by Crippen LogP contribution is 2.36. The van der Waals surface area contributed by atoms with E-state index in [9.17, 15) is 18.0 Å². The van der Waals surface area contributed by atoms with Crippen LogP contribution in [0.3, 0.4) is 0 Å². The number of likely N-dealkylation sites (tertiary alicyclic amines) is 1. The average Bonchev–Trinajstić information content (AvgIpc) is 2.68.